The molecule has 3 unspecified atom stereocenters. The lowest BCUT2D eigenvalue weighted by atomic mass is 9.68. The molecule has 0 heterocycles. The van der Waals surface area contributed by atoms with Gasteiger partial charge in [0.25, 0.3) is 0 Å². The van der Waals surface area contributed by atoms with Crippen molar-refractivity contribution in [2.24, 2.45) is 22.8 Å². The second kappa shape index (κ2) is 3.97. The van der Waals surface area contributed by atoms with Crippen molar-refractivity contribution in [1.82, 2.24) is 0 Å². The van der Waals surface area contributed by atoms with Gasteiger partial charge in [-0.3, -0.25) is 0 Å². The summed E-state index contributed by atoms with van der Waals surface area (Å²) in [6.45, 7) is 6.96. The second-order valence-corrected chi connectivity index (χ2v) is 5.18. The lowest BCUT2D eigenvalue weighted by Crippen LogP contribution is -2.48. The molecule has 0 aliphatic heterocycles. The average Bonchev–Trinajstić information content (AvgIpc) is 2.09. The zero-order valence-electron chi connectivity index (χ0n) is 9.22. The van der Waals surface area contributed by atoms with Crippen LogP contribution in [0.25, 0.3) is 0 Å². The molecule has 4 N–H and O–H groups in total. The van der Waals surface area contributed by atoms with Crippen molar-refractivity contribution in [2.45, 2.75) is 58.5 Å². The van der Waals surface area contributed by atoms with Crippen molar-refractivity contribution in [3.05, 3.63) is 0 Å². The molecule has 1 saturated carbocycles. The second-order valence-electron chi connectivity index (χ2n) is 5.18. The molecule has 0 aromatic carbocycles. The smallest absolute Gasteiger partial charge is 0.0195 e. The first-order chi connectivity index (χ1) is 5.97. The molecular formula is C11H24N2. The fraction of sp³-hybridized carbons (Fsp3) is 1.00. The van der Waals surface area contributed by atoms with Crippen LogP contribution in [0, 0.1) is 11.3 Å². The molecule has 1 aliphatic carbocycles. The third-order valence-corrected chi connectivity index (χ3v) is 3.97. The first-order valence-corrected chi connectivity index (χ1v) is 5.48. The third-order valence-electron chi connectivity index (χ3n) is 3.97. The van der Waals surface area contributed by atoms with Gasteiger partial charge in [0, 0.05) is 12.1 Å². The molecule has 13 heavy (non-hydrogen) atoms. The molecule has 0 aromatic heterocycles. The number of rotatable bonds is 2. The largest absolute Gasteiger partial charge is 0.326 e. The SMILES string of the molecule is CCC(C)(C)C1CCC(N)C(N)C1. The maximum absolute atomic E-state index is 6.00. The highest BCUT2D eigenvalue weighted by Crippen LogP contribution is 2.39. The Kier molecular flexibility index (Phi) is 3.36. The lowest BCUT2D eigenvalue weighted by molar-refractivity contribution is 0.132. The summed E-state index contributed by atoms with van der Waals surface area (Å²) in [7, 11) is 0. The Labute approximate surface area is 82.1 Å². The van der Waals surface area contributed by atoms with E-state index in [9.17, 15) is 0 Å². The van der Waals surface area contributed by atoms with Crippen molar-refractivity contribution in [3.63, 3.8) is 0 Å². The summed E-state index contributed by atoms with van der Waals surface area (Å²) in [6.07, 6.45) is 4.71. The molecule has 78 valence electrons. The summed E-state index contributed by atoms with van der Waals surface area (Å²) in [5, 5.41) is 0. The van der Waals surface area contributed by atoms with Crippen LogP contribution in [0.2, 0.25) is 0 Å². The van der Waals surface area contributed by atoms with E-state index in [1.54, 1.807) is 0 Å². The third kappa shape index (κ3) is 2.44. The Morgan fingerprint density at radius 3 is 2.23 bits per heavy atom. The van der Waals surface area contributed by atoms with Crippen LogP contribution < -0.4 is 11.5 Å². The number of hydrogen-bond acceptors (Lipinski definition) is 2. The molecular weight excluding hydrogens is 160 g/mol. The van der Waals surface area contributed by atoms with Crippen molar-refractivity contribution >= 4 is 0 Å². The van der Waals surface area contributed by atoms with Crippen molar-refractivity contribution in [3.8, 4) is 0 Å². The van der Waals surface area contributed by atoms with Crippen LogP contribution in [0.5, 0.6) is 0 Å². The first-order valence-electron chi connectivity index (χ1n) is 5.48. The van der Waals surface area contributed by atoms with Gasteiger partial charge in [-0.2, -0.15) is 0 Å². The van der Waals surface area contributed by atoms with Crippen LogP contribution in [0.1, 0.15) is 46.5 Å². The summed E-state index contributed by atoms with van der Waals surface area (Å²) in [6, 6.07) is 0.466. The zero-order chi connectivity index (χ0) is 10.1. The van der Waals surface area contributed by atoms with Gasteiger partial charge in [-0.25, -0.2) is 0 Å². The summed E-state index contributed by atoms with van der Waals surface area (Å²) in [5.74, 6) is 0.771. The standard InChI is InChI=1S/C11H24N2/c1-4-11(2,3)8-5-6-9(12)10(13)7-8/h8-10H,4-7,12-13H2,1-3H3. The van der Waals surface area contributed by atoms with Gasteiger partial charge in [0.2, 0.25) is 0 Å². The van der Waals surface area contributed by atoms with E-state index in [2.05, 4.69) is 20.8 Å². The molecule has 2 heteroatoms. The van der Waals surface area contributed by atoms with Gasteiger partial charge in [-0.05, 0) is 30.6 Å². The van der Waals surface area contributed by atoms with E-state index in [1.807, 2.05) is 0 Å². The molecule has 0 saturated heterocycles. The first kappa shape index (κ1) is 11.0. The van der Waals surface area contributed by atoms with Gasteiger partial charge in [-0.15, -0.1) is 0 Å². The number of nitrogens with two attached hydrogens (primary N) is 2. The predicted octanol–water partition coefficient (Wildman–Crippen LogP) is 1.88. The van der Waals surface area contributed by atoms with Crippen LogP contribution in [0.3, 0.4) is 0 Å². The quantitative estimate of drug-likeness (QED) is 0.688. The topological polar surface area (TPSA) is 52.0 Å². The highest BCUT2D eigenvalue weighted by molar-refractivity contribution is 4.90. The Morgan fingerprint density at radius 1 is 1.15 bits per heavy atom. The zero-order valence-corrected chi connectivity index (χ0v) is 9.22. The molecule has 0 bridgehead atoms. The highest BCUT2D eigenvalue weighted by atomic mass is 14.8. The van der Waals surface area contributed by atoms with Crippen LogP contribution in [0.4, 0.5) is 0 Å². The minimum Gasteiger partial charge on any atom is -0.326 e. The Balaban J connectivity index is 2.55. The monoisotopic (exact) mass is 184 g/mol. The molecule has 0 amide bonds. The van der Waals surface area contributed by atoms with Crippen LogP contribution in [0.15, 0.2) is 0 Å². The Morgan fingerprint density at radius 2 is 1.77 bits per heavy atom. The maximum atomic E-state index is 6.00. The maximum Gasteiger partial charge on any atom is 0.0195 e. The van der Waals surface area contributed by atoms with Gasteiger partial charge in [0.1, 0.15) is 0 Å². The van der Waals surface area contributed by atoms with Crippen molar-refractivity contribution < 1.29 is 0 Å². The molecule has 2 nitrogen and oxygen atoms in total. The minimum atomic E-state index is 0.226. The molecule has 0 radical (unpaired) electrons. The van der Waals surface area contributed by atoms with Crippen LogP contribution in [-0.4, -0.2) is 12.1 Å². The number of hydrogen-bond donors (Lipinski definition) is 2. The molecule has 3 atom stereocenters. The fourth-order valence-corrected chi connectivity index (χ4v) is 2.23. The molecule has 1 aliphatic rings. The van der Waals surface area contributed by atoms with Gasteiger partial charge >= 0.3 is 0 Å². The van der Waals surface area contributed by atoms with Crippen molar-refractivity contribution in [1.29, 1.82) is 0 Å². The van der Waals surface area contributed by atoms with E-state index >= 15 is 0 Å². The summed E-state index contributed by atoms with van der Waals surface area (Å²) in [5.41, 5.74) is 12.3. The van der Waals surface area contributed by atoms with Crippen LogP contribution >= 0.6 is 0 Å². The minimum absolute atomic E-state index is 0.226. The van der Waals surface area contributed by atoms with Gasteiger partial charge in [0.05, 0.1) is 0 Å². The summed E-state index contributed by atoms with van der Waals surface area (Å²) in [4.78, 5) is 0. The van der Waals surface area contributed by atoms with E-state index in [1.165, 1.54) is 12.8 Å². The van der Waals surface area contributed by atoms with E-state index in [0.29, 0.717) is 5.41 Å². The van der Waals surface area contributed by atoms with Gasteiger partial charge < -0.3 is 11.5 Å². The lowest BCUT2D eigenvalue weighted by Gasteiger charge is -2.40. The Hall–Kier alpha value is -0.0800. The summed E-state index contributed by atoms with van der Waals surface area (Å²) < 4.78 is 0. The van der Waals surface area contributed by atoms with E-state index in [-0.39, 0.29) is 12.1 Å². The van der Waals surface area contributed by atoms with Gasteiger partial charge in [-0.1, -0.05) is 27.2 Å². The molecule has 1 rings (SSSR count). The highest BCUT2D eigenvalue weighted by Gasteiger charge is 2.34. The molecule has 1 fully saturated rings. The summed E-state index contributed by atoms with van der Waals surface area (Å²) >= 11 is 0. The van der Waals surface area contributed by atoms with E-state index in [0.717, 1.165) is 18.8 Å². The molecule has 0 spiro atoms. The normalized spacial score (nSPS) is 36.2. The average molecular weight is 184 g/mol. The van der Waals surface area contributed by atoms with Gasteiger partial charge in [0.15, 0.2) is 0 Å². The Bertz CT molecular complexity index is 165. The van der Waals surface area contributed by atoms with Crippen LogP contribution in [-0.2, 0) is 0 Å². The predicted molar refractivity (Wildman–Crippen MR) is 57.4 cm³/mol. The van der Waals surface area contributed by atoms with Crippen molar-refractivity contribution in [2.75, 3.05) is 0 Å². The van der Waals surface area contributed by atoms with E-state index in [4.69, 9.17) is 11.5 Å². The van der Waals surface area contributed by atoms with E-state index < -0.39 is 0 Å². The molecule has 0 aromatic rings. The fourth-order valence-electron chi connectivity index (χ4n) is 2.23.